The Labute approximate surface area is 72.5 Å². The van der Waals surface area contributed by atoms with E-state index < -0.39 is 0 Å². The van der Waals surface area contributed by atoms with Gasteiger partial charge >= 0.3 is 0 Å². The zero-order chi connectivity index (χ0) is 8.48. The molecule has 0 heterocycles. The van der Waals surface area contributed by atoms with Gasteiger partial charge in [-0.2, -0.15) is 12.6 Å². The minimum absolute atomic E-state index is 0.272. The summed E-state index contributed by atoms with van der Waals surface area (Å²) in [6, 6.07) is 7.25. The summed E-state index contributed by atoms with van der Waals surface area (Å²) in [6.07, 6.45) is 0. The smallest absolute Gasteiger partial charge is 0.120 e. The van der Waals surface area contributed by atoms with E-state index in [-0.39, 0.29) is 4.75 Å². The van der Waals surface area contributed by atoms with Crippen molar-refractivity contribution in [1.29, 1.82) is 0 Å². The second kappa shape index (κ2) is 2.78. The van der Waals surface area contributed by atoms with Crippen LogP contribution in [0, 0.1) is 0 Å². The molecule has 1 nitrogen and oxygen atoms in total. The van der Waals surface area contributed by atoms with Crippen LogP contribution in [0.25, 0.3) is 0 Å². The Morgan fingerprint density at radius 1 is 1.27 bits per heavy atom. The van der Waals surface area contributed by atoms with Gasteiger partial charge in [-0.25, -0.2) is 0 Å². The van der Waals surface area contributed by atoms with Crippen molar-refractivity contribution < 1.29 is 5.11 Å². The van der Waals surface area contributed by atoms with Crippen molar-refractivity contribution in [2.24, 2.45) is 0 Å². The highest BCUT2D eigenvalue weighted by atomic mass is 32.1. The SMILES string of the molecule is CC(C)(S)c1ccccc1O. The third-order valence-electron chi connectivity index (χ3n) is 1.56. The molecule has 1 rings (SSSR count). The second-order valence-corrected chi connectivity index (χ2v) is 4.19. The van der Waals surface area contributed by atoms with E-state index in [1.54, 1.807) is 12.1 Å². The Kier molecular flexibility index (Phi) is 2.14. The molecule has 1 aromatic carbocycles. The number of aromatic hydroxyl groups is 1. The summed E-state index contributed by atoms with van der Waals surface area (Å²) in [4.78, 5) is 0. The molecular formula is C9H12OS. The third kappa shape index (κ3) is 1.90. The second-order valence-electron chi connectivity index (χ2n) is 3.08. The lowest BCUT2D eigenvalue weighted by Gasteiger charge is -2.18. The molecular weight excluding hydrogens is 156 g/mol. The summed E-state index contributed by atoms with van der Waals surface area (Å²) in [5.74, 6) is 0.313. The van der Waals surface area contributed by atoms with Gasteiger partial charge in [0.2, 0.25) is 0 Å². The Balaban J connectivity index is 3.14. The predicted molar refractivity (Wildman–Crippen MR) is 50.1 cm³/mol. The monoisotopic (exact) mass is 168 g/mol. The van der Waals surface area contributed by atoms with Gasteiger partial charge in [-0.3, -0.25) is 0 Å². The van der Waals surface area contributed by atoms with Crippen molar-refractivity contribution in [3.05, 3.63) is 29.8 Å². The Bertz CT molecular complexity index is 250. The molecule has 0 aliphatic carbocycles. The van der Waals surface area contributed by atoms with Crippen LogP contribution in [-0.2, 0) is 4.75 Å². The maximum absolute atomic E-state index is 9.40. The number of phenolic OH excluding ortho intramolecular Hbond substituents is 1. The zero-order valence-electron chi connectivity index (χ0n) is 6.70. The number of rotatable bonds is 1. The first-order chi connectivity index (χ1) is 5.02. The number of hydrogen-bond acceptors (Lipinski definition) is 2. The summed E-state index contributed by atoms with van der Waals surface area (Å²) in [6.45, 7) is 3.90. The first kappa shape index (κ1) is 8.47. The number of benzene rings is 1. The molecule has 0 amide bonds. The molecule has 2 heteroatoms. The standard InChI is InChI=1S/C9H12OS/c1-9(2,11)7-5-3-4-6-8(7)10/h3-6,10-11H,1-2H3. The van der Waals surface area contributed by atoms with Crippen LogP contribution in [0.1, 0.15) is 19.4 Å². The van der Waals surface area contributed by atoms with E-state index >= 15 is 0 Å². The van der Waals surface area contributed by atoms with Crippen molar-refractivity contribution in [3.8, 4) is 5.75 Å². The fraction of sp³-hybridized carbons (Fsp3) is 0.333. The Morgan fingerprint density at radius 2 is 1.82 bits per heavy atom. The molecule has 0 aliphatic heterocycles. The lowest BCUT2D eigenvalue weighted by atomic mass is 10.0. The van der Waals surface area contributed by atoms with Gasteiger partial charge in [-0.1, -0.05) is 18.2 Å². The molecule has 60 valence electrons. The summed E-state index contributed by atoms with van der Waals surface area (Å²) in [5, 5.41) is 9.40. The first-order valence-electron chi connectivity index (χ1n) is 3.52. The highest BCUT2D eigenvalue weighted by Crippen LogP contribution is 2.33. The summed E-state index contributed by atoms with van der Waals surface area (Å²) < 4.78 is -0.272. The molecule has 0 bridgehead atoms. The maximum Gasteiger partial charge on any atom is 0.120 e. The van der Waals surface area contributed by atoms with Crippen molar-refractivity contribution in [1.82, 2.24) is 0 Å². The lowest BCUT2D eigenvalue weighted by Crippen LogP contribution is -2.07. The van der Waals surface area contributed by atoms with Gasteiger partial charge in [0.15, 0.2) is 0 Å². The predicted octanol–water partition coefficient (Wildman–Crippen LogP) is 2.56. The van der Waals surface area contributed by atoms with Crippen LogP contribution >= 0.6 is 12.6 Å². The highest BCUT2D eigenvalue weighted by molar-refractivity contribution is 7.81. The Morgan fingerprint density at radius 3 is 2.18 bits per heavy atom. The summed E-state index contributed by atoms with van der Waals surface area (Å²) >= 11 is 4.35. The molecule has 0 spiro atoms. The molecule has 0 aromatic heterocycles. The molecule has 0 radical (unpaired) electrons. The molecule has 1 aromatic rings. The van der Waals surface area contributed by atoms with Crippen LogP contribution < -0.4 is 0 Å². The van der Waals surface area contributed by atoms with E-state index in [0.29, 0.717) is 5.75 Å². The Hall–Kier alpha value is -0.630. The molecule has 0 saturated heterocycles. The molecule has 1 N–H and O–H groups in total. The van der Waals surface area contributed by atoms with Crippen LogP contribution in [0.15, 0.2) is 24.3 Å². The summed E-state index contributed by atoms with van der Waals surface area (Å²) in [7, 11) is 0. The molecule has 0 unspecified atom stereocenters. The van der Waals surface area contributed by atoms with Crippen molar-refractivity contribution >= 4 is 12.6 Å². The van der Waals surface area contributed by atoms with Gasteiger partial charge in [0, 0.05) is 10.3 Å². The van der Waals surface area contributed by atoms with Crippen LogP contribution in [0.4, 0.5) is 0 Å². The van der Waals surface area contributed by atoms with E-state index in [4.69, 9.17) is 0 Å². The van der Waals surface area contributed by atoms with Gasteiger partial charge in [0.25, 0.3) is 0 Å². The number of phenols is 1. The molecule has 11 heavy (non-hydrogen) atoms. The van der Waals surface area contributed by atoms with E-state index in [1.165, 1.54) is 0 Å². The normalized spacial score (nSPS) is 11.5. The first-order valence-corrected chi connectivity index (χ1v) is 3.97. The van der Waals surface area contributed by atoms with Crippen LogP contribution in [0.3, 0.4) is 0 Å². The molecule has 0 fully saturated rings. The van der Waals surface area contributed by atoms with Gasteiger partial charge in [-0.15, -0.1) is 0 Å². The van der Waals surface area contributed by atoms with Gasteiger partial charge in [0.05, 0.1) is 0 Å². The van der Waals surface area contributed by atoms with Crippen LogP contribution in [0.2, 0.25) is 0 Å². The largest absolute Gasteiger partial charge is 0.508 e. The average Bonchev–Trinajstić information content (AvgIpc) is 1.86. The van der Waals surface area contributed by atoms with Gasteiger partial charge < -0.3 is 5.11 Å². The fourth-order valence-corrected chi connectivity index (χ4v) is 1.18. The summed E-state index contributed by atoms with van der Waals surface area (Å²) in [5.41, 5.74) is 0.864. The maximum atomic E-state index is 9.40. The number of thiol groups is 1. The van der Waals surface area contributed by atoms with Crippen molar-refractivity contribution in [2.75, 3.05) is 0 Å². The van der Waals surface area contributed by atoms with E-state index in [1.807, 2.05) is 26.0 Å². The molecule has 0 saturated carbocycles. The van der Waals surface area contributed by atoms with Crippen LogP contribution in [0.5, 0.6) is 5.75 Å². The highest BCUT2D eigenvalue weighted by Gasteiger charge is 2.17. The van der Waals surface area contributed by atoms with Crippen molar-refractivity contribution in [2.45, 2.75) is 18.6 Å². The lowest BCUT2D eigenvalue weighted by molar-refractivity contribution is 0.462. The fourth-order valence-electron chi connectivity index (χ4n) is 0.991. The van der Waals surface area contributed by atoms with Crippen molar-refractivity contribution in [3.63, 3.8) is 0 Å². The average molecular weight is 168 g/mol. The van der Waals surface area contributed by atoms with Crippen LogP contribution in [-0.4, -0.2) is 5.11 Å². The number of para-hydroxylation sites is 1. The van der Waals surface area contributed by atoms with E-state index in [9.17, 15) is 5.11 Å². The van der Waals surface area contributed by atoms with Gasteiger partial charge in [0.1, 0.15) is 5.75 Å². The van der Waals surface area contributed by atoms with E-state index in [2.05, 4.69) is 12.6 Å². The third-order valence-corrected chi connectivity index (χ3v) is 1.80. The quantitative estimate of drug-likeness (QED) is 0.617. The number of hydrogen-bond donors (Lipinski definition) is 2. The molecule has 0 atom stereocenters. The zero-order valence-corrected chi connectivity index (χ0v) is 7.60. The minimum Gasteiger partial charge on any atom is -0.508 e. The molecule has 0 aliphatic rings. The minimum atomic E-state index is -0.272. The van der Waals surface area contributed by atoms with Gasteiger partial charge in [-0.05, 0) is 19.9 Å². The van der Waals surface area contributed by atoms with E-state index in [0.717, 1.165) is 5.56 Å². The topological polar surface area (TPSA) is 20.2 Å².